The van der Waals surface area contributed by atoms with Crippen molar-refractivity contribution in [2.24, 2.45) is 0 Å². The van der Waals surface area contributed by atoms with E-state index in [0.717, 1.165) is 37.1 Å². The summed E-state index contributed by atoms with van der Waals surface area (Å²) in [5, 5.41) is 6.43. The van der Waals surface area contributed by atoms with Crippen LogP contribution in [0.25, 0.3) is 0 Å². The van der Waals surface area contributed by atoms with Crippen LogP contribution in [0, 0.1) is 0 Å². The van der Waals surface area contributed by atoms with Crippen molar-refractivity contribution in [3.63, 3.8) is 0 Å². The molecule has 1 aliphatic carbocycles. The van der Waals surface area contributed by atoms with Gasteiger partial charge >= 0.3 is 0 Å². The molecule has 0 bridgehead atoms. The second kappa shape index (κ2) is 4.40. The average molecular weight is 230 g/mol. The number of carbonyl (C=O) groups is 1. The van der Waals surface area contributed by atoms with Crippen LogP contribution in [-0.2, 0) is 6.42 Å². The van der Waals surface area contributed by atoms with Crippen LogP contribution in [0.4, 0.5) is 5.69 Å². The van der Waals surface area contributed by atoms with Gasteiger partial charge in [0.25, 0.3) is 5.91 Å². The number of amides is 1. The minimum Gasteiger partial charge on any atom is -0.384 e. The Morgan fingerprint density at radius 3 is 2.94 bits per heavy atom. The van der Waals surface area contributed by atoms with Gasteiger partial charge < -0.3 is 10.6 Å². The molecule has 3 heteroatoms. The van der Waals surface area contributed by atoms with Gasteiger partial charge in [0.15, 0.2) is 0 Å². The molecule has 1 saturated carbocycles. The van der Waals surface area contributed by atoms with Crippen molar-refractivity contribution in [3.05, 3.63) is 29.3 Å². The third-order valence-electron chi connectivity index (χ3n) is 3.77. The first-order chi connectivity index (χ1) is 8.33. The summed E-state index contributed by atoms with van der Waals surface area (Å²) >= 11 is 0. The first-order valence-electron chi connectivity index (χ1n) is 6.50. The summed E-state index contributed by atoms with van der Waals surface area (Å²) in [6, 6.07) is 6.38. The average Bonchev–Trinajstić information content (AvgIpc) is 2.97. The van der Waals surface area contributed by atoms with Crippen molar-refractivity contribution in [2.45, 2.75) is 38.1 Å². The fourth-order valence-corrected chi connectivity index (χ4v) is 2.77. The minimum absolute atomic E-state index is 0.0772. The molecule has 2 N–H and O–H groups in total. The maximum absolute atomic E-state index is 12.1. The van der Waals surface area contributed by atoms with Crippen molar-refractivity contribution >= 4 is 11.6 Å². The topological polar surface area (TPSA) is 41.1 Å². The van der Waals surface area contributed by atoms with Crippen LogP contribution in [0.1, 0.15) is 41.6 Å². The highest BCUT2D eigenvalue weighted by molar-refractivity contribution is 5.95. The highest BCUT2D eigenvalue weighted by Gasteiger charge is 2.19. The van der Waals surface area contributed by atoms with Gasteiger partial charge in [0.05, 0.1) is 0 Å². The maximum Gasteiger partial charge on any atom is 0.251 e. The summed E-state index contributed by atoms with van der Waals surface area (Å²) in [5.41, 5.74) is 3.23. The molecule has 0 unspecified atom stereocenters. The van der Waals surface area contributed by atoms with E-state index in [4.69, 9.17) is 0 Å². The summed E-state index contributed by atoms with van der Waals surface area (Å²) in [5.74, 6) is 0.0772. The van der Waals surface area contributed by atoms with Crippen molar-refractivity contribution in [1.29, 1.82) is 0 Å². The summed E-state index contributed by atoms with van der Waals surface area (Å²) in [7, 11) is 0. The number of anilines is 1. The predicted molar refractivity (Wildman–Crippen MR) is 68.4 cm³/mol. The normalized spacial score (nSPS) is 18.8. The summed E-state index contributed by atoms with van der Waals surface area (Å²) in [6.07, 6.45) is 5.83. The van der Waals surface area contributed by atoms with Crippen LogP contribution in [0.5, 0.6) is 0 Å². The van der Waals surface area contributed by atoms with Gasteiger partial charge in [-0.15, -0.1) is 0 Å². The monoisotopic (exact) mass is 230 g/mol. The van der Waals surface area contributed by atoms with Crippen molar-refractivity contribution < 1.29 is 4.79 Å². The van der Waals surface area contributed by atoms with Crippen LogP contribution >= 0.6 is 0 Å². The minimum atomic E-state index is 0.0772. The number of rotatable bonds is 2. The lowest BCUT2D eigenvalue weighted by molar-refractivity contribution is 0.0938. The molecule has 1 aliphatic heterocycles. The Hall–Kier alpha value is -1.51. The van der Waals surface area contributed by atoms with Crippen LogP contribution < -0.4 is 10.6 Å². The molecular weight excluding hydrogens is 212 g/mol. The SMILES string of the molecule is O=C(NC1CCCC1)c1ccc2c(c1)NCC2. The third-order valence-corrected chi connectivity index (χ3v) is 3.77. The molecule has 1 aromatic rings. The molecule has 0 aromatic heterocycles. The van der Waals surface area contributed by atoms with E-state index in [0.29, 0.717) is 6.04 Å². The fourth-order valence-electron chi connectivity index (χ4n) is 2.77. The lowest BCUT2D eigenvalue weighted by atomic mass is 10.1. The maximum atomic E-state index is 12.1. The Kier molecular flexibility index (Phi) is 2.75. The van der Waals surface area contributed by atoms with Gasteiger partial charge in [0.2, 0.25) is 0 Å². The van der Waals surface area contributed by atoms with E-state index in [1.165, 1.54) is 18.4 Å². The van der Waals surface area contributed by atoms with E-state index in [1.54, 1.807) is 0 Å². The number of nitrogens with one attached hydrogen (secondary N) is 2. The first kappa shape index (κ1) is 10.6. The predicted octanol–water partition coefficient (Wildman–Crippen LogP) is 2.33. The number of benzene rings is 1. The van der Waals surface area contributed by atoms with E-state index in [1.807, 2.05) is 12.1 Å². The number of fused-ring (bicyclic) bond motifs is 1. The molecule has 0 atom stereocenters. The molecule has 90 valence electrons. The Morgan fingerprint density at radius 1 is 1.29 bits per heavy atom. The van der Waals surface area contributed by atoms with E-state index >= 15 is 0 Å². The van der Waals surface area contributed by atoms with Crippen LogP contribution in [0.2, 0.25) is 0 Å². The van der Waals surface area contributed by atoms with Crippen molar-refractivity contribution in [2.75, 3.05) is 11.9 Å². The molecule has 3 rings (SSSR count). The van der Waals surface area contributed by atoms with Crippen LogP contribution in [-0.4, -0.2) is 18.5 Å². The smallest absolute Gasteiger partial charge is 0.251 e. The zero-order chi connectivity index (χ0) is 11.7. The molecule has 1 fully saturated rings. The van der Waals surface area contributed by atoms with Gasteiger partial charge in [0, 0.05) is 23.8 Å². The molecule has 2 aliphatic rings. The van der Waals surface area contributed by atoms with Crippen LogP contribution in [0.3, 0.4) is 0 Å². The molecule has 1 amide bonds. The number of carbonyl (C=O) groups excluding carboxylic acids is 1. The van der Waals surface area contributed by atoms with Crippen molar-refractivity contribution in [1.82, 2.24) is 5.32 Å². The Bertz CT molecular complexity index is 436. The number of hydrogen-bond acceptors (Lipinski definition) is 2. The van der Waals surface area contributed by atoms with Gasteiger partial charge in [-0.05, 0) is 37.0 Å². The van der Waals surface area contributed by atoms with E-state index in [2.05, 4.69) is 16.7 Å². The molecule has 17 heavy (non-hydrogen) atoms. The Labute approximate surface area is 102 Å². The third kappa shape index (κ3) is 2.14. The lowest BCUT2D eigenvalue weighted by Crippen LogP contribution is -2.32. The van der Waals surface area contributed by atoms with E-state index < -0.39 is 0 Å². The highest BCUT2D eigenvalue weighted by Crippen LogP contribution is 2.24. The second-order valence-electron chi connectivity index (χ2n) is 5.00. The van der Waals surface area contributed by atoms with E-state index in [9.17, 15) is 4.79 Å². The van der Waals surface area contributed by atoms with Gasteiger partial charge in [-0.25, -0.2) is 0 Å². The highest BCUT2D eigenvalue weighted by atomic mass is 16.1. The summed E-state index contributed by atoms with van der Waals surface area (Å²) in [4.78, 5) is 12.1. The second-order valence-corrected chi connectivity index (χ2v) is 5.00. The zero-order valence-electron chi connectivity index (χ0n) is 9.96. The van der Waals surface area contributed by atoms with Gasteiger partial charge in [-0.2, -0.15) is 0 Å². The number of hydrogen-bond donors (Lipinski definition) is 2. The molecule has 1 heterocycles. The molecule has 0 saturated heterocycles. The standard InChI is InChI=1S/C14H18N2O/c17-14(16-12-3-1-2-4-12)11-6-5-10-7-8-15-13(10)9-11/h5-6,9,12,15H,1-4,7-8H2,(H,16,17). The zero-order valence-corrected chi connectivity index (χ0v) is 9.96. The lowest BCUT2D eigenvalue weighted by Gasteiger charge is -2.12. The molecule has 0 spiro atoms. The Morgan fingerprint density at radius 2 is 2.12 bits per heavy atom. The Balaban J connectivity index is 1.72. The van der Waals surface area contributed by atoms with Gasteiger partial charge in [-0.3, -0.25) is 4.79 Å². The van der Waals surface area contributed by atoms with Gasteiger partial charge in [0.1, 0.15) is 0 Å². The molecule has 0 radical (unpaired) electrons. The molecule has 3 nitrogen and oxygen atoms in total. The molecule has 1 aromatic carbocycles. The quantitative estimate of drug-likeness (QED) is 0.818. The van der Waals surface area contributed by atoms with Gasteiger partial charge in [-0.1, -0.05) is 18.9 Å². The van der Waals surface area contributed by atoms with E-state index in [-0.39, 0.29) is 5.91 Å². The molecular formula is C14H18N2O. The van der Waals surface area contributed by atoms with Crippen molar-refractivity contribution in [3.8, 4) is 0 Å². The summed E-state index contributed by atoms with van der Waals surface area (Å²) in [6.45, 7) is 0.989. The first-order valence-corrected chi connectivity index (χ1v) is 6.50. The summed E-state index contributed by atoms with van der Waals surface area (Å²) < 4.78 is 0. The fraction of sp³-hybridized carbons (Fsp3) is 0.500. The largest absolute Gasteiger partial charge is 0.384 e. The van der Waals surface area contributed by atoms with Crippen LogP contribution in [0.15, 0.2) is 18.2 Å².